The summed E-state index contributed by atoms with van der Waals surface area (Å²) in [5.41, 5.74) is -2.09. The van der Waals surface area contributed by atoms with Gasteiger partial charge in [-0.15, -0.1) is 0 Å². The van der Waals surface area contributed by atoms with Crippen molar-refractivity contribution in [2.75, 3.05) is 11.4 Å². The molecule has 1 aromatic heterocycles. The zero-order chi connectivity index (χ0) is 15.1. The van der Waals surface area contributed by atoms with Gasteiger partial charge in [-0.1, -0.05) is 19.3 Å². The third-order valence-electron chi connectivity index (χ3n) is 4.34. The van der Waals surface area contributed by atoms with Gasteiger partial charge in [0.25, 0.3) is 0 Å². The van der Waals surface area contributed by atoms with Crippen LogP contribution in [0.2, 0.25) is 0 Å². The molecule has 116 valence electrons. The van der Waals surface area contributed by atoms with Crippen LogP contribution in [-0.2, 0) is 6.54 Å². The molecule has 1 aliphatic heterocycles. The Balaban J connectivity index is 1.79. The molecule has 2 amide bonds. The van der Waals surface area contributed by atoms with E-state index in [4.69, 9.17) is 0 Å². The number of halogens is 3. The van der Waals surface area contributed by atoms with Gasteiger partial charge >= 0.3 is 12.2 Å². The zero-order valence-electron chi connectivity index (χ0n) is 11.5. The van der Waals surface area contributed by atoms with E-state index in [1.165, 1.54) is 11.1 Å². The second-order valence-corrected chi connectivity index (χ2v) is 5.64. The first-order valence-electron chi connectivity index (χ1n) is 7.10. The van der Waals surface area contributed by atoms with Gasteiger partial charge in [0.1, 0.15) is 5.54 Å². The first-order chi connectivity index (χ1) is 9.93. The van der Waals surface area contributed by atoms with Gasteiger partial charge in [0.2, 0.25) is 5.95 Å². The Hall–Kier alpha value is -1.73. The van der Waals surface area contributed by atoms with Crippen molar-refractivity contribution in [2.24, 2.45) is 0 Å². The topological polar surface area (TPSA) is 50.2 Å². The Morgan fingerprint density at radius 2 is 1.95 bits per heavy atom. The number of imidazole rings is 1. The van der Waals surface area contributed by atoms with Gasteiger partial charge < -0.3 is 9.88 Å². The number of alkyl halides is 3. The Kier molecular flexibility index (Phi) is 3.33. The van der Waals surface area contributed by atoms with Crippen molar-refractivity contribution in [1.29, 1.82) is 0 Å². The first kappa shape index (κ1) is 14.2. The minimum Gasteiger partial charge on any atom is -0.323 e. The summed E-state index contributed by atoms with van der Waals surface area (Å²) >= 11 is 0. The maximum atomic E-state index is 13.4. The molecule has 1 aromatic rings. The number of nitrogens with one attached hydrogen (secondary N) is 1. The molecule has 3 rings (SSSR count). The number of amides is 2. The standard InChI is InChI=1S/C13H17F3N4O/c14-13(15,16)12(4-2-1-3-5-12)18-11(21)20-9-8-19-7-6-17-10(19)20/h6-7H,1-5,8-9H2,(H,18,21). The van der Waals surface area contributed by atoms with E-state index in [9.17, 15) is 18.0 Å². The van der Waals surface area contributed by atoms with Gasteiger partial charge in [0.15, 0.2) is 0 Å². The number of aromatic nitrogens is 2. The van der Waals surface area contributed by atoms with Crippen LogP contribution < -0.4 is 10.2 Å². The smallest absolute Gasteiger partial charge is 0.323 e. The predicted octanol–water partition coefficient (Wildman–Crippen LogP) is 2.68. The van der Waals surface area contributed by atoms with Gasteiger partial charge in [0, 0.05) is 25.5 Å². The molecule has 5 nitrogen and oxygen atoms in total. The number of anilines is 1. The summed E-state index contributed by atoms with van der Waals surface area (Å²) in [6.45, 7) is 0.907. The van der Waals surface area contributed by atoms with Crippen molar-refractivity contribution >= 4 is 12.0 Å². The van der Waals surface area contributed by atoms with E-state index in [-0.39, 0.29) is 12.8 Å². The molecule has 0 saturated heterocycles. The van der Waals surface area contributed by atoms with E-state index in [1.807, 2.05) is 0 Å². The highest BCUT2D eigenvalue weighted by Crippen LogP contribution is 2.41. The van der Waals surface area contributed by atoms with Crippen LogP contribution in [-0.4, -0.2) is 33.8 Å². The predicted molar refractivity (Wildman–Crippen MR) is 70.0 cm³/mol. The van der Waals surface area contributed by atoms with Gasteiger partial charge in [-0.3, -0.25) is 4.90 Å². The van der Waals surface area contributed by atoms with E-state index in [2.05, 4.69) is 10.3 Å². The summed E-state index contributed by atoms with van der Waals surface area (Å²) in [5.74, 6) is 0.403. The third kappa shape index (κ3) is 2.36. The number of carbonyl (C=O) groups is 1. The lowest BCUT2D eigenvalue weighted by Crippen LogP contribution is -2.62. The minimum atomic E-state index is -4.43. The van der Waals surface area contributed by atoms with E-state index < -0.39 is 17.7 Å². The fraction of sp³-hybridized carbons (Fsp3) is 0.692. The molecule has 0 radical (unpaired) electrons. The Labute approximate surface area is 120 Å². The normalized spacial score (nSPS) is 21.2. The fourth-order valence-electron chi connectivity index (χ4n) is 3.13. The lowest BCUT2D eigenvalue weighted by molar-refractivity contribution is -0.201. The van der Waals surface area contributed by atoms with Gasteiger partial charge in [-0.25, -0.2) is 9.78 Å². The highest BCUT2D eigenvalue weighted by molar-refractivity contribution is 5.91. The summed E-state index contributed by atoms with van der Waals surface area (Å²) in [6, 6.07) is -0.709. The Morgan fingerprint density at radius 1 is 1.24 bits per heavy atom. The minimum absolute atomic E-state index is 0.0511. The highest BCUT2D eigenvalue weighted by Gasteiger charge is 2.56. The van der Waals surface area contributed by atoms with Crippen molar-refractivity contribution < 1.29 is 18.0 Å². The maximum absolute atomic E-state index is 13.4. The average molecular weight is 302 g/mol. The lowest BCUT2D eigenvalue weighted by atomic mass is 9.81. The van der Waals surface area contributed by atoms with Crippen LogP contribution in [0.3, 0.4) is 0 Å². The highest BCUT2D eigenvalue weighted by atomic mass is 19.4. The zero-order valence-corrected chi connectivity index (χ0v) is 11.5. The van der Waals surface area contributed by atoms with Crippen LogP contribution in [0.5, 0.6) is 0 Å². The molecule has 0 aromatic carbocycles. The number of nitrogens with zero attached hydrogens (tertiary/aromatic N) is 3. The van der Waals surface area contributed by atoms with Gasteiger partial charge in [-0.05, 0) is 12.8 Å². The molecule has 1 saturated carbocycles. The number of rotatable bonds is 1. The average Bonchev–Trinajstić information content (AvgIpc) is 3.00. The molecule has 1 fully saturated rings. The fourth-order valence-corrected chi connectivity index (χ4v) is 3.13. The van der Waals surface area contributed by atoms with Crippen LogP contribution in [0, 0.1) is 0 Å². The summed E-state index contributed by atoms with van der Waals surface area (Å²) in [5, 5.41) is 2.25. The number of carbonyl (C=O) groups excluding carboxylic acids is 1. The molecule has 0 unspecified atom stereocenters. The van der Waals surface area contributed by atoms with Gasteiger partial charge in [0.05, 0.1) is 0 Å². The van der Waals surface area contributed by atoms with Crippen molar-refractivity contribution in [3.63, 3.8) is 0 Å². The molecule has 8 heteroatoms. The Bertz CT molecular complexity index is 534. The molecule has 2 heterocycles. The van der Waals surface area contributed by atoms with Crippen molar-refractivity contribution in [3.05, 3.63) is 12.4 Å². The quantitative estimate of drug-likeness (QED) is 0.867. The Morgan fingerprint density at radius 3 is 2.62 bits per heavy atom. The number of fused-ring (bicyclic) bond motifs is 1. The SMILES string of the molecule is O=C(NC1(C(F)(F)F)CCCCC1)N1CCn2ccnc21. The molecule has 0 atom stereocenters. The first-order valence-corrected chi connectivity index (χ1v) is 7.10. The van der Waals surface area contributed by atoms with Crippen LogP contribution in [0.4, 0.5) is 23.9 Å². The van der Waals surface area contributed by atoms with Crippen LogP contribution in [0.15, 0.2) is 12.4 Å². The summed E-state index contributed by atoms with van der Waals surface area (Å²) in [4.78, 5) is 17.6. The van der Waals surface area contributed by atoms with Gasteiger partial charge in [-0.2, -0.15) is 13.2 Å². The molecular formula is C13H17F3N4O. The number of urea groups is 1. The molecular weight excluding hydrogens is 285 g/mol. The molecule has 21 heavy (non-hydrogen) atoms. The van der Waals surface area contributed by atoms with Crippen molar-refractivity contribution in [3.8, 4) is 0 Å². The molecule has 0 bridgehead atoms. The second-order valence-electron chi connectivity index (χ2n) is 5.64. The summed E-state index contributed by atoms with van der Waals surface area (Å²) in [6.07, 6.45) is 0.454. The summed E-state index contributed by atoms with van der Waals surface area (Å²) < 4.78 is 42.0. The molecule has 0 spiro atoms. The van der Waals surface area contributed by atoms with Crippen LogP contribution in [0.25, 0.3) is 0 Å². The van der Waals surface area contributed by atoms with Crippen LogP contribution in [0.1, 0.15) is 32.1 Å². The number of hydrogen-bond donors (Lipinski definition) is 1. The lowest BCUT2D eigenvalue weighted by Gasteiger charge is -2.40. The van der Waals surface area contributed by atoms with Crippen LogP contribution >= 0.6 is 0 Å². The van der Waals surface area contributed by atoms with E-state index in [1.54, 1.807) is 10.8 Å². The molecule has 2 aliphatic rings. The van der Waals surface area contributed by atoms with E-state index in [0.717, 1.165) is 6.42 Å². The van der Waals surface area contributed by atoms with Crippen molar-refractivity contribution in [1.82, 2.24) is 14.9 Å². The number of hydrogen-bond acceptors (Lipinski definition) is 2. The van der Waals surface area contributed by atoms with E-state index in [0.29, 0.717) is 31.9 Å². The molecule has 1 N–H and O–H groups in total. The maximum Gasteiger partial charge on any atom is 0.411 e. The van der Waals surface area contributed by atoms with E-state index >= 15 is 0 Å². The summed E-state index contributed by atoms with van der Waals surface area (Å²) in [7, 11) is 0. The monoisotopic (exact) mass is 302 g/mol. The third-order valence-corrected chi connectivity index (χ3v) is 4.34. The second kappa shape index (κ2) is 4.92. The molecule has 1 aliphatic carbocycles. The largest absolute Gasteiger partial charge is 0.411 e. The van der Waals surface area contributed by atoms with Crippen molar-refractivity contribution in [2.45, 2.75) is 50.4 Å².